The molecule has 0 bridgehead atoms. The van der Waals surface area contributed by atoms with Crippen LogP contribution in [0.4, 0.5) is 0 Å². The average molecular weight is 263 g/mol. The van der Waals surface area contributed by atoms with Crippen molar-refractivity contribution in [2.45, 2.75) is 33.1 Å². The highest BCUT2D eigenvalue weighted by Crippen LogP contribution is 2.20. The summed E-state index contributed by atoms with van der Waals surface area (Å²) < 4.78 is 27.9. The fourth-order valence-corrected chi connectivity index (χ4v) is 3.86. The minimum Gasteiger partial charge on any atom is -0.329 e. The lowest BCUT2D eigenvalue weighted by Crippen LogP contribution is -2.48. The zero-order valence-corrected chi connectivity index (χ0v) is 11.7. The van der Waals surface area contributed by atoms with Gasteiger partial charge in [0.05, 0.1) is 0 Å². The zero-order chi connectivity index (χ0) is 12.9. The molecule has 2 N–H and O–H groups in total. The molecule has 102 valence electrons. The zero-order valence-electron chi connectivity index (χ0n) is 10.9. The van der Waals surface area contributed by atoms with E-state index in [1.54, 1.807) is 4.31 Å². The molecule has 17 heavy (non-hydrogen) atoms. The van der Waals surface area contributed by atoms with Crippen LogP contribution in [-0.2, 0) is 10.2 Å². The van der Waals surface area contributed by atoms with Crippen LogP contribution in [-0.4, -0.2) is 49.8 Å². The molecule has 1 rings (SSSR count). The molecule has 0 saturated carbocycles. The van der Waals surface area contributed by atoms with Crippen molar-refractivity contribution in [1.82, 2.24) is 8.61 Å². The van der Waals surface area contributed by atoms with E-state index in [9.17, 15) is 8.42 Å². The van der Waals surface area contributed by atoms with Gasteiger partial charge < -0.3 is 5.73 Å². The maximum Gasteiger partial charge on any atom is 0.282 e. The van der Waals surface area contributed by atoms with Gasteiger partial charge in [-0.15, -0.1) is 0 Å². The maximum atomic E-state index is 12.4. The normalized spacial score (nSPS) is 20.0. The first-order chi connectivity index (χ1) is 8.02. The molecule has 1 fully saturated rings. The highest BCUT2D eigenvalue weighted by atomic mass is 32.2. The van der Waals surface area contributed by atoms with Crippen LogP contribution in [0.1, 0.15) is 33.1 Å². The third kappa shape index (κ3) is 3.91. The van der Waals surface area contributed by atoms with Crippen LogP contribution in [0, 0.1) is 5.92 Å². The lowest BCUT2D eigenvalue weighted by atomic mass is 10.0. The minimum absolute atomic E-state index is 0.378. The van der Waals surface area contributed by atoms with E-state index in [1.165, 1.54) is 4.31 Å². The number of piperidine rings is 1. The highest BCUT2D eigenvalue weighted by molar-refractivity contribution is 7.86. The van der Waals surface area contributed by atoms with Gasteiger partial charge >= 0.3 is 0 Å². The monoisotopic (exact) mass is 263 g/mol. The van der Waals surface area contributed by atoms with Crippen molar-refractivity contribution in [2.24, 2.45) is 11.7 Å². The predicted molar refractivity (Wildman–Crippen MR) is 69.8 cm³/mol. The summed E-state index contributed by atoms with van der Waals surface area (Å²) in [5.41, 5.74) is 5.48. The SMILES string of the molecule is CCCN(CCN)S(=O)(=O)N1CCC(C)CC1. The van der Waals surface area contributed by atoms with Crippen molar-refractivity contribution in [3.8, 4) is 0 Å². The first kappa shape index (κ1) is 14.9. The number of hydrogen-bond acceptors (Lipinski definition) is 3. The van der Waals surface area contributed by atoms with E-state index in [4.69, 9.17) is 5.73 Å². The number of nitrogens with two attached hydrogens (primary N) is 1. The Morgan fingerprint density at radius 3 is 2.35 bits per heavy atom. The second kappa shape index (κ2) is 6.68. The van der Waals surface area contributed by atoms with Gasteiger partial charge in [0.25, 0.3) is 10.2 Å². The van der Waals surface area contributed by atoms with Gasteiger partial charge in [-0.2, -0.15) is 17.0 Å². The quantitative estimate of drug-likeness (QED) is 0.764. The Kier molecular flexibility index (Phi) is 5.85. The van der Waals surface area contributed by atoms with E-state index in [2.05, 4.69) is 6.92 Å². The van der Waals surface area contributed by atoms with Gasteiger partial charge in [-0.05, 0) is 25.2 Å². The molecule has 1 aliphatic heterocycles. The molecule has 0 radical (unpaired) electrons. The van der Waals surface area contributed by atoms with Crippen molar-refractivity contribution in [1.29, 1.82) is 0 Å². The average Bonchev–Trinajstić information content (AvgIpc) is 2.29. The Labute approximate surface area is 105 Å². The van der Waals surface area contributed by atoms with Gasteiger partial charge in [0.15, 0.2) is 0 Å². The summed E-state index contributed by atoms with van der Waals surface area (Å²) >= 11 is 0. The van der Waals surface area contributed by atoms with E-state index in [0.29, 0.717) is 38.6 Å². The summed E-state index contributed by atoms with van der Waals surface area (Å²) in [6, 6.07) is 0. The maximum absolute atomic E-state index is 12.4. The highest BCUT2D eigenvalue weighted by Gasteiger charge is 2.30. The Bertz CT molecular complexity index is 305. The molecule has 5 nitrogen and oxygen atoms in total. The lowest BCUT2D eigenvalue weighted by Gasteiger charge is -2.33. The van der Waals surface area contributed by atoms with E-state index >= 15 is 0 Å². The van der Waals surface area contributed by atoms with Crippen LogP contribution in [0.2, 0.25) is 0 Å². The Morgan fingerprint density at radius 2 is 1.88 bits per heavy atom. The van der Waals surface area contributed by atoms with E-state index in [-0.39, 0.29) is 0 Å². The largest absolute Gasteiger partial charge is 0.329 e. The van der Waals surface area contributed by atoms with Crippen molar-refractivity contribution >= 4 is 10.2 Å². The molecule has 0 amide bonds. The summed E-state index contributed by atoms with van der Waals surface area (Å²) in [6.45, 7) is 6.81. The summed E-state index contributed by atoms with van der Waals surface area (Å²) in [4.78, 5) is 0. The number of hydrogen-bond donors (Lipinski definition) is 1. The molecule has 0 aromatic carbocycles. The Balaban J connectivity index is 2.70. The molecule has 1 heterocycles. The van der Waals surface area contributed by atoms with Gasteiger partial charge in [-0.25, -0.2) is 0 Å². The van der Waals surface area contributed by atoms with Crippen LogP contribution >= 0.6 is 0 Å². The van der Waals surface area contributed by atoms with Crippen molar-refractivity contribution in [3.05, 3.63) is 0 Å². The first-order valence-electron chi connectivity index (χ1n) is 6.47. The van der Waals surface area contributed by atoms with E-state index < -0.39 is 10.2 Å². The molecular formula is C11H25N3O2S. The van der Waals surface area contributed by atoms with Crippen molar-refractivity contribution in [2.75, 3.05) is 32.7 Å². The van der Waals surface area contributed by atoms with Crippen LogP contribution in [0.15, 0.2) is 0 Å². The molecular weight excluding hydrogens is 238 g/mol. The van der Waals surface area contributed by atoms with Gasteiger partial charge in [-0.1, -0.05) is 13.8 Å². The predicted octanol–water partition coefficient (Wildman–Crippen LogP) is 0.634. The van der Waals surface area contributed by atoms with Gasteiger partial charge in [0, 0.05) is 32.7 Å². The first-order valence-corrected chi connectivity index (χ1v) is 7.87. The molecule has 0 aliphatic carbocycles. The lowest BCUT2D eigenvalue weighted by molar-refractivity contribution is 0.264. The molecule has 0 aromatic rings. The van der Waals surface area contributed by atoms with Crippen molar-refractivity contribution in [3.63, 3.8) is 0 Å². The second-order valence-electron chi connectivity index (χ2n) is 4.78. The van der Waals surface area contributed by atoms with E-state index in [1.807, 2.05) is 6.92 Å². The standard InChI is InChI=1S/C11H25N3O2S/c1-3-7-13(10-6-12)17(15,16)14-8-4-11(2)5-9-14/h11H,3-10,12H2,1-2H3. The molecule has 6 heteroatoms. The molecule has 0 spiro atoms. The molecule has 0 atom stereocenters. The third-order valence-corrected chi connectivity index (χ3v) is 5.28. The summed E-state index contributed by atoms with van der Waals surface area (Å²) in [7, 11) is -3.29. The molecule has 0 unspecified atom stereocenters. The van der Waals surface area contributed by atoms with Crippen molar-refractivity contribution < 1.29 is 8.42 Å². The van der Waals surface area contributed by atoms with E-state index in [0.717, 1.165) is 19.3 Å². The van der Waals surface area contributed by atoms with Gasteiger partial charge in [-0.3, -0.25) is 0 Å². The van der Waals surface area contributed by atoms with Gasteiger partial charge in [0.1, 0.15) is 0 Å². The van der Waals surface area contributed by atoms with Crippen LogP contribution in [0.5, 0.6) is 0 Å². The van der Waals surface area contributed by atoms with Crippen LogP contribution < -0.4 is 5.73 Å². The smallest absolute Gasteiger partial charge is 0.282 e. The third-order valence-electron chi connectivity index (χ3n) is 3.25. The Morgan fingerprint density at radius 1 is 1.29 bits per heavy atom. The Hall–Kier alpha value is -0.170. The second-order valence-corrected chi connectivity index (χ2v) is 6.71. The topological polar surface area (TPSA) is 66.6 Å². The summed E-state index contributed by atoms with van der Waals surface area (Å²) in [5, 5.41) is 0. The summed E-state index contributed by atoms with van der Waals surface area (Å²) in [6.07, 6.45) is 2.74. The summed E-state index contributed by atoms with van der Waals surface area (Å²) in [5.74, 6) is 0.635. The minimum atomic E-state index is -3.29. The molecule has 1 saturated heterocycles. The van der Waals surface area contributed by atoms with Crippen LogP contribution in [0.25, 0.3) is 0 Å². The fourth-order valence-electron chi connectivity index (χ4n) is 2.11. The molecule has 1 aliphatic rings. The van der Waals surface area contributed by atoms with Crippen LogP contribution in [0.3, 0.4) is 0 Å². The molecule has 0 aromatic heterocycles. The van der Waals surface area contributed by atoms with Gasteiger partial charge in [0.2, 0.25) is 0 Å². The fraction of sp³-hybridized carbons (Fsp3) is 1.00. The number of rotatable bonds is 6. The number of nitrogens with zero attached hydrogens (tertiary/aromatic N) is 2.